The first-order chi connectivity index (χ1) is 5.84. The Balaban J connectivity index is 1.92. The summed E-state index contributed by atoms with van der Waals surface area (Å²) in [6.45, 7) is 0.863. The molecule has 0 radical (unpaired) electrons. The minimum absolute atomic E-state index is 0.808. The predicted molar refractivity (Wildman–Crippen MR) is 55.2 cm³/mol. The van der Waals surface area contributed by atoms with E-state index in [0.717, 1.165) is 21.8 Å². The molecule has 1 aromatic rings. The van der Waals surface area contributed by atoms with Crippen molar-refractivity contribution in [2.24, 2.45) is 5.92 Å². The van der Waals surface area contributed by atoms with E-state index < -0.39 is 0 Å². The Morgan fingerprint density at radius 1 is 1.50 bits per heavy atom. The number of hydrogen-bond donors (Lipinski definition) is 0. The summed E-state index contributed by atoms with van der Waals surface area (Å²) in [6, 6.07) is 2.01. The fourth-order valence-electron chi connectivity index (χ4n) is 0.970. The zero-order valence-corrected chi connectivity index (χ0v) is 8.82. The van der Waals surface area contributed by atoms with E-state index in [4.69, 9.17) is 4.74 Å². The highest BCUT2D eigenvalue weighted by atomic mass is 127. The van der Waals surface area contributed by atoms with Crippen LogP contribution in [0.15, 0.2) is 18.5 Å². The largest absolute Gasteiger partial charge is 0.492 e. The van der Waals surface area contributed by atoms with Crippen LogP contribution < -0.4 is 4.74 Å². The molecule has 1 aliphatic rings. The van der Waals surface area contributed by atoms with Crippen molar-refractivity contribution in [1.29, 1.82) is 0 Å². The third-order valence-electron chi connectivity index (χ3n) is 1.86. The van der Waals surface area contributed by atoms with Gasteiger partial charge < -0.3 is 4.74 Å². The minimum atomic E-state index is 0.808. The molecule has 0 spiro atoms. The molecule has 0 N–H and O–H groups in total. The lowest BCUT2D eigenvalue weighted by atomic mass is 10.4. The van der Waals surface area contributed by atoms with Gasteiger partial charge in [-0.25, -0.2) is 0 Å². The summed E-state index contributed by atoms with van der Waals surface area (Å²) < 4.78 is 6.67. The Morgan fingerprint density at radius 2 is 2.33 bits per heavy atom. The number of nitrogens with zero attached hydrogens (tertiary/aromatic N) is 1. The summed E-state index contributed by atoms with van der Waals surface area (Å²) >= 11 is 2.24. The average molecular weight is 275 g/mol. The monoisotopic (exact) mass is 275 g/mol. The molecule has 12 heavy (non-hydrogen) atoms. The second kappa shape index (κ2) is 3.60. The van der Waals surface area contributed by atoms with Gasteiger partial charge in [0.2, 0.25) is 0 Å². The first kappa shape index (κ1) is 8.29. The topological polar surface area (TPSA) is 22.1 Å². The molecule has 1 aliphatic carbocycles. The van der Waals surface area contributed by atoms with Crippen molar-refractivity contribution in [2.45, 2.75) is 12.8 Å². The zero-order chi connectivity index (χ0) is 8.39. The molecule has 0 bridgehead atoms. The van der Waals surface area contributed by atoms with Gasteiger partial charge in [-0.3, -0.25) is 4.98 Å². The van der Waals surface area contributed by atoms with E-state index >= 15 is 0 Å². The van der Waals surface area contributed by atoms with Crippen LogP contribution in [-0.4, -0.2) is 11.6 Å². The first-order valence-electron chi connectivity index (χ1n) is 4.08. The smallest absolute Gasteiger partial charge is 0.138 e. The summed E-state index contributed by atoms with van der Waals surface area (Å²) in [7, 11) is 0. The van der Waals surface area contributed by atoms with Crippen molar-refractivity contribution in [3.63, 3.8) is 0 Å². The van der Waals surface area contributed by atoms with Crippen LogP contribution >= 0.6 is 22.6 Å². The SMILES string of the molecule is Ic1cncc(OCC2CC2)c1. The molecular formula is C9H10INO. The highest BCUT2D eigenvalue weighted by molar-refractivity contribution is 14.1. The fraction of sp³-hybridized carbons (Fsp3) is 0.444. The average Bonchev–Trinajstić information content (AvgIpc) is 2.84. The highest BCUT2D eigenvalue weighted by Crippen LogP contribution is 2.29. The van der Waals surface area contributed by atoms with E-state index in [9.17, 15) is 0 Å². The molecule has 1 fully saturated rings. The van der Waals surface area contributed by atoms with Gasteiger partial charge >= 0.3 is 0 Å². The van der Waals surface area contributed by atoms with Gasteiger partial charge in [-0.05, 0) is 47.4 Å². The van der Waals surface area contributed by atoms with Crippen molar-refractivity contribution in [1.82, 2.24) is 4.98 Å². The molecule has 0 unspecified atom stereocenters. The van der Waals surface area contributed by atoms with Crippen LogP contribution in [0.2, 0.25) is 0 Å². The van der Waals surface area contributed by atoms with Gasteiger partial charge in [0.25, 0.3) is 0 Å². The van der Waals surface area contributed by atoms with Gasteiger partial charge in [0.15, 0.2) is 0 Å². The van der Waals surface area contributed by atoms with E-state index in [0.29, 0.717) is 0 Å². The van der Waals surface area contributed by atoms with Crippen molar-refractivity contribution in [3.05, 3.63) is 22.0 Å². The minimum Gasteiger partial charge on any atom is -0.492 e. The standard InChI is InChI=1S/C9H10INO/c10-8-3-9(5-11-4-8)12-6-7-1-2-7/h3-5,7H,1-2,6H2. The molecule has 0 saturated heterocycles. The van der Waals surface area contributed by atoms with E-state index in [-0.39, 0.29) is 0 Å². The van der Waals surface area contributed by atoms with Crippen LogP contribution in [0, 0.1) is 9.49 Å². The molecule has 0 aromatic carbocycles. The van der Waals surface area contributed by atoms with Crippen molar-refractivity contribution in [2.75, 3.05) is 6.61 Å². The summed E-state index contributed by atoms with van der Waals surface area (Å²) in [4.78, 5) is 4.05. The fourth-order valence-corrected chi connectivity index (χ4v) is 1.44. The summed E-state index contributed by atoms with van der Waals surface area (Å²) in [6.07, 6.45) is 6.25. The van der Waals surface area contributed by atoms with Crippen molar-refractivity contribution in [3.8, 4) is 5.75 Å². The molecular weight excluding hydrogens is 265 g/mol. The number of rotatable bonds is 3. The molecule has 2 rings (SSSR count). The van der Waals surface area contributed by atoms with Gasteiger partial charge in [-0.1, -0.05) is 0 Å². The summed E-state index contributed by atoms with van der Waals surface area (Å²) in [5, 5.41) is 0. The molecule has 0 aliphatic heterocycles. The van der Waals surface area contributed by atoms with Gasteiger partial charge in [0.05, 0.1) is 12.8 Å². The lowest BCUT2D eigenvalue weighted by Crippen LogP contribution is -1.99. The Hall–Kier alpha value is -0.320. The third kappa shape index (κ3) is 2.33. The highest BCUT2D eigenvalue weighted by Gasteiger charge is 2.21. The summed E-state index contributed by atoms with van der Waals surface area (Å²) in [5.41, 5.74) is 0. The van der Waals surface area contributed by atoms with E-state index in [1.165, 1.54) is 12.8 Å². The lowest BCUT2D eigenvalue weighted by Gasteiger charge is -2.03. The molecule has 0 atom stereocenters. The molecule has 64 valence electrons. The van der Waals surface area contributed by atoms with Crippen LogP contribution in [0.5, 0.6) is 5.75 Å². The predicted octanol–water partition coefficient (Wildman–Crippen LogP) is 2.48. The van der Waals surface area contributed by atoms with Crippen LogP contribution in [0.4, 0.5) is 0 Å². The van der Waals surface area contributed by atoms with Crippen molar-refractivity contribution >= 4 is 22.6 Å². The van der Waals surface area contributed by atoms with Crippen LogP contribution in [0.25, 0.3) is 0 Å². The molecule has 1 heterocycles. The maximum atomic E-state index is 5.54. The Morgan fingerprint density at radius 3 is 3.00 bits per heavy atom. The Bertz CT molecular complexity index is 273. The van der Waals surface area contributed by atoms with Gasteiger partial charge in [-0.15, -0.1) is 0 Å². The maximum absolute atomic E-state index is 5.54. The number of ether oxygens (including phenoxy) is 1. The van der Waals surface area contributed by atoms with E-state index in [1.807, 2.05) is 12.3 Å². The summed E-state index contributed by atoms with van der Waals surface area (Å²) in [5.74, 6) is 1.71. The van der Waals surface area contributed by atoms with Crippen LogP contribution in [0.1, 0.15) is 12.8 Å². The number of halogens is 1. The second-order valence-electron chi connectivity index (χ2n) is 3.09. The zero-order valence-electron chi connectivity index (χ0n) is 6.66. The molecule has 1 aromatic heterocycles. The lowest BCUT2D eigenvalue weighted by molar-refractivity contribution is 0.298. The Kier molecular flexibility index (Phi) is 2.48. The van der Waals surface area contributed by atoms with Crippen LogP contribution in [-0.2, 0) is 0 Å². The maximum Gasteiger partial charge on any atom is 0.138 e. The van der Waals surface area contributed by atoms with Gasteiger partial charge in [-0.2, -0.15) is 0 Å². The molecule has 1 saturated carbocycles. The molecule has 3 heteroatoms. The van der Waals surface area contributed by atoms with Gasteiger partial charge in [0, 0.05) is 9.77 Å². The van der Waals surface area contributed by atoms with E-state index in [1.54, 1.807) is 6.20 Å². The van der Waals surface area contributed by atoms with Gasteiger partial charge in [0.1, 0.15) is 5.75 Å². The number of pyridine rings is 1. The van der Waals surface area contributed by atoms with E-state index in [2.05, 4.69) is 27.6 Å². The second-order valence-corrected chi connectivity index (χ2v) is 4.34. The Labute approximate surface area is 85.5 Å². The third-order valence-corrected chi connectivity index (χ3v) is 2.45. The number of aromatic nitrogens is 1. The van der Waals surface area contributed by atoms with Crippen molar-refractivity contribution < 1.29 is 4.74 Å². The molecule has 0 amide bonds. The number of hydrogen-bond acceptors (Lipinski definition) is 2. The molecule has 2 nitrogen and oxygen atoms in total. The normalized spacial score (nSPS) is 16.1. The quantitative estimate of drug-likeness (QED) is 0.791. The first-order valence-corrected chi connectivity index (χ1v) is 5.16. The van der Waals surface area contributed by atoms with Crippen LogP contribution in [0.3, 0.4) is 0 Å².